The van der Waals surface area contributed by atoms with Gasteiger partial charge in [0.1, 0.15) is 0 Å². The first kappa shape index (κ1) is 17.7. The summed E-state index contributed by atoms with van der Waals surface area (Å²) in [6.07, 6.45) is 0.883. The highest BCUT2D eigenvalue weighted by molar-refractivity contribution is 6.06. The second-order valence-corrected chi connectivity index (χ2v) is 5.13. The molecule has 0 bridgehead atoms. The van der Waals surface area contributed by atoms with Crippen molar-refractivity contribution >= 4 is 41.6 Å². The lowest BCUT2D eigenvalue weighted by Gasteiger charge is -2.17. The van der Waals surface area contributed by atoms with E-state index in [9.17, 15) is 4.79 Å². The number of carbonyl (C=O) groups excluding carboxylic acids is 1. The lowest BCUT2D eigenvalue weighted by Crippen LogP contribution is -2.32. The maximum absolute atomic E-state index is 12.6. The van der Waals surface area contributed by atoms with E-state index >= 15 is 0 Å². The van der Waals surface area contributed by atoms with Crippen molar-refractivity contribution in [1.29, 1.82) is 0 Å². The van der Waals surface area contributed by atoms with Gasteiger partial charge >= 0.3 is 0 Å². The van der Waals surface area contributed by atoms with Gasteiger partial charge in [0.2, 0.25) is 0 Å². The molecule has 0 saturated carbocycles. The summed E-state index contributed by atoms with van der Waals surface area (Å²) in [5.41, 5.74) is 8.35. The third kappa shape index (κ3) is 3.46. The topological polar surface area (TPSA) is 59.2 Å². The smallest absolute Gasteiger partial charge is 0.254 e. The number of fused-ring (bicyclic) bond motifs is 1. The van der Waals surface area contributed by atoms with Crippen molar-refractivity contribution in [3.63, 3.8) is 0 Å². The first-order valence-corrected chi connectivity index (χ1v) is 6.56. The van der Waals surface area contributed by atoms with Crippen molar-refractivity contribution in [2.45, 2.75) is 19.4 Å². The summed E-state index contributed by atoms with van der Waals surface area (Å²) in [6, 6.07) is 9.74. The number of pyridine rings is 1. The lowest BCUT2D eigenvalue weighted by molar-refractivity contribution is 0.0792. The molecule has 1 aromatic carbocycles. The maximum atomic E-state index is 12.6. The van der Waals surface area contributed by atoms with Crippen LogP contribution in [0.1, 0.15) is 22.5 Å². The SMILES string of the molecule is Cc1cc(C(=O)N2CCC(N)C2)c2ccccc2n1.Cl.Cl. The number of hydrogen-bond acceptors (Lipinski definition) is 3. The fourth-order valence-electron chi connectivity index (χ4n) is 2.63. The zero-order valence-electron chi connectivity index (χ0n) is 11.8. The van der Waals surface area contributed by atoms with Crippen molar-refractivity contribution in [3.05, 3.63) is 41.6 Å². The second-order valence-electron chi connectivity index (χ2n) is 5.13. The number of nitrogens with zero attached hydrogens (tertiary/aromatic N) is 2. The maximum Gasteiger partial charge on any atom is 0.254 e. The molecule has 6 heteroatoms. The van der Waals surface area contributed by atoms with Gasteiger partial charge in [-0.3, -0.25) is 9.78 Å². The Morgan fingerprint density at radius 1 is 1.33 bits per heavy atom. The number of nitrogens with two attached hydrogens (primary N) is 1. The molecule has 1 atom stereocenters. The number of halogens is 2. The van der Waals surface area contributed by atoms with E-state index in [1.807, 2.05) is 42.2 Å². The van der Waals surface area contributed by atoms with E-state index in [0.717, 1.165) is 35.1 Å². The van der Waals surface area contributed by atoms with Crippen LogP contribution in [-0.4, -0.2) is 34.9 Å². The van der Waals surface area contributed by atoms with Crippen molar-refractivity contribution in [1.82, 2.24) is 9.88 Å². The Balaban J connectivity index is 0.00000110. The molecule has 2 aromatic rings. The summed E-state index contributed by atoms with van der Waals surface area (Å²) in [6.45, 7) is 3.31. The molecule has 0 radical (unpaired) electrons. The van der Waals surface area contributed by atoms with Crippen LogP contribution < -0.4 is 5.73 Å². The van der Waals surface area contributed by atoms with Crippen LogP contribution in [0.5, 0.6) is 0 Å². The minimum absolute atomic E-state index is 0. The fourth-order valence-corrected chi connectivity index (χ4v) is 2.63. The summed E-state index contributed by atoms with van der Waals surface area (Å²) in [7, 11) is 0. The molecule has 1 fully saturated rings. The Morgan fingerprint density at radius 3 is 2.71 bits per heavy atom. The molecule has 0 aliphatic carbocycles. The number of hydrogen-bond donors (Lipinski definition) is 1. The molecule has 2 N–H and O–H groups in total. The lowest BCUT2D eigenvalue weighted by atomic mass is 10.1. The Bertz CT molecular complexity index is 648. The van der Waals surface area contributed by atoms with Gasteiger partial charge in [0.15, 0.2) is 0 Å². The third-order valence-electron chi connectivity index (χ3n) is 3.59. The van der Waals surface area contributed by atoms with Gasteiger partial charge in [-0.15, -0.1) is 24.8 Å². The van der Waals surface area contributed by atoms with Gasteiger partial charge in [-0.25, -0.2) is 0 Å². The van der Waals surface area contributed by atoms with Gasteiger partial charge in [-0.05, 0) is 25.5 Å². The molecule has 1 aliphatic rings. The molecular formula is C15H19Cl2N3O. The Morgan fingerprint density at radius 2 is 2.05 bits per heavy atom. The zero-order chi connectivity index (χ0) is 13.4. The summed E-state index contributed by atoms with van der Waals surface area (Å²) in [4.78, 5) is 18.9. The largest absolute Gasteiger partial charge is 0.337 e. The van der Waals surface area contributed by atoms with Crippen LogP contribution in [-0.2, 0) is 0 Å². The first-order chi connectivity index (χ1) is 9.15. The molecule has 1 saturated heterocycles. The number of carbonyl (C=O) groups is 1. The van der Waals surface area contributed by atoms with Crippen LogP contribution in [0.3, 0.4) is 0 Å². The molecular weight excluding hydrogens is 309 g/mol. The van der Waals surface area contributed by atoms with E-state index < -0.39 is 0 Å². The second kappa shape index (κ2) is 7.07. The average molecular weight is 328 g/mol. The Labute approximate surface area is 136 Å². The number of likely N-dealkylation sites (tertiary alicyclic amines) is 1. The van der Waals surface area contributed by atoms with Crippen molar-refractivity contribution in [3.8, 4) is 0 Å². The highest BCUT2D eigenvalue weighted by Gasteiger charge is 2.25. The number of para-hydroxylation sites is 1. The summed E-state index contributed by atoms with van der Waals surface area (Å²) >= 11 is 0. The molecule has 0 spiro atoms. The van der Waals surface area contributed by atoms with Crippen LogP contribution in [0.4, 0.5) is 0 Å². The van der Waals surface area contributed by atoms with Crippen LogP contribution in [0, 0.1) is 6.92 Å². The number of aryl methyl sites for hydroxylation is 1. The van der Waals surface area contributed by atoms with Crippen LogP contribution in [0.25, 0.3) is 10.9 Å². The average Bonchev–Trinajstić information content (AvgIpc) is 2.83. The quantitative estimate of drug-likeness (QED) is 0.875. The predicted octanol–water partition coefficient (Wildman–Crippen LogP) is 2.56. The minimum atomic E-state index is 0. The number of aromatic nitrogens is 1. The summed E-state index contributed by atoms with van der Waals surface area (Å²) in [5.74, 6) is 0.0645. The van der Waals surface area contributed by atoms with Crippen molar-refractivity contribution in [2.24, 2.45) is 5.73 Å². The van der Waals surface area contributed by atoms with Crippen LogP contribution in [0.15, 0.2) is 30.3 Å². The van der Waals surface area contributed by atoms with Gasteiger partial charge in [-0.2, -0.15) is 0 Å². The highest BCUT2D eigenvalue weighted by Crippen LogP contribution is 2.21. The number of rotatable bonds is 1. The minimum Gasteiger partial charge on any atom is -0.337 e. The van der Waals surface area contributed by atoms with E-state index in [-0.39, 0.29) is 36.8 Å². The van der Waals surface area contributed by atoms with E-state index in [2.05, 4.69) is 4.98 Å². The summed E-state index contributed by atoms with van der Waals surface area (Å²) in [5, 5.41) is 0.915. The Kier molecular flexibility index (Phi) is 5.96. The van der Waals surface area contributed by atoms with E-state index in [1.54, 1.807) is 0 Å². The number of benzene rings is 1. The van der Waals surface area contributed by atoms with E-state index in [1.165, 1.54) is 0 Å². The molecule has 1 amide bonds. The summed E-state index contributed by atoms with van der Waals surface area (Å²) < 4.78 is 0. The zero-order valence-corrected chi connectivity index (χ0v) is 13.4. The predicted molar refractivity (Wildman–Crippen MR) is 89.5 cm³/mol. The monoisotopic (exact) mass is 327 g/mol. The first-order valence-electron chi connectivity index (χ1n) is 6.56. The van der Waals surface area contributed by atoms with Gasteiger partial charge < -0.3 is 10.6 Å². The molecule has 21 heavy (non-hydrogen) atoms. The molecule has 3 rings (SSSR count). The molecule has 1 unspecified atom stereocenters. The van der Waals surface area contributed by atoms with Crippen LogP contribution >= 0.6 is 24.8 Å². The van der Waals surface area contributed by atoms with Gasteiger partial charge in [0, 0.05) is 30.2 Å². The van der Waals surface area contributed by atoms with E-state index in [0.29, 0.717) is 6.54 Å². The Hall–Kier alpha value is -1.36. The standard InChI is InChI=1S/C15H17N3O.2ClH/c1-10-8-13(12-4-2-3-5-14(12)17-10)15(19)18-7-6-11(16)9-18;;/h2-5,8,11H,6-7,9,16H2,1H3;2*1H. The van der Waals surface area contributed by atoms with E-state index in [4.69, 9.17) is 5.73 Å². The van der Waals surface area contributed by atoms with Crippen molar-refractivity contribution < 1.29 is 4.79 Å². The normalized spacial score (nSPS) is 17.2. The van der Waals surface area contributed by atoms with Gasteiger partial charge in [0.05, 0.1) is 11.1 Å². The highest BCUT2D eigenvalue weighted by atomic mass is 35.5. The fraction of sp³-hybridized carbons (Fsp3) is 0.333. The third-order valence-corrected chi connectivity index (χ3v) is 3.59. The number of amides is 1. The van der Waals surface area contributed by atoms with Crippen LogP contribution in [0.2, 0.25) is 0 Å². The molecule has 1 aliphatic heterocycles. The van der Waals surface area contributed by atoms with Gasteiger partial charge in [-0.1, -0.05) is 18.2 Å². The van der Waals surface area contributed by atoms with Gasteiger partial charge in [0.25, 0.3) is 5.91 Å². The molecule has 114 valence electrons. The molecule has 2 heterocycles. The van der Waals surface area contributed by atoms with Crippen molar-refractivity contribution in [2.75, 3.05) is 13.1 Å². The molecule has 1 aromatic heterocycles. The molecule has 4 nitrogen and oxygen atoms in total.